The summed E-state index contributed by atoms with van der Waals surface area (Å²) in [6, 6.07) is 21.9. The van der Waals surface area contributed by atoms with Crippen LogP contribution in [0, 0.1) is 0 Å². The van der Waals surface area contributed by atoms with E-state index in [0.29, 0.717) is 0 Å². The van der Waals surface area contributed by atoms with E-state index in [2.05, 4.69) is 28.1 Å². The Balaban J connectivity index is 2.14. The van der Waals surface area contributed by atoms with Crippen LogP contribution in [0.1, 0.15) is 17.2 Å². The van der Waals surface area contributed by atoms with Gasteiger partial charge in [-0.15, -0.1) is 0 Å². The average Bonchev–Trinajstić information content (AvgIpc) is 2.46. The van der Waals surface area contributed by atoms with Gasteiger partial charge in [0.1, 0.15) is 6.10 Å². The fourth-order valence-electron chi connectivity index (χ4n) is 2.35. The summed E-state index contributed by atoms with van der Waals surface area (Å²) in [6.45, 7) is 0. The van der Waals surface area contributed by atoms with Crippen molar-refractivity contribution in [2.45, 2.75) is 6.10 Å². The van der Waals surface area contributed by atoms with Crippen molar-refractivity contribution in [3.8, 4) is 0 Å². The Bertz CT molecular complexity index is 716. The molecule has 0 bridgehead atoms. The molecule has 94 valence electrons. The van der Waals surface area contributed by atoms with Gasteiger partial charge in [0, 0.05) is 4.47 Å². The highest BCUT2D eigenvalue weighted by atomic mass is 79.9. The second kappa shape index (κ2) is 5.16. The zero-order chi connectivity index (χ0) is 13.2. The summed E-state index contributed by atoms with van der Waals surface area (Å²) in [5.74, 6) is 0. The number of aliphatic hydroxyl groups excluding tert-OH is 1. The van der Waals surface area contributed by atoms with Crippen molar-refractivity contribution in [2.75, 3.05) is 0 Å². The van der Waals surface area contributed by atoms with Gasteiger partial charge in [0.15, 0.2) is 0 Å². The van der Waals surface area contributed by atoms with Crippen molar-refractivity contribution >= 4 is 26.7 Å². The minimum atomic E-state index is -0.608. The van der Waals surface area contributed by atoms with Crippen LogP contribution in [0.4, 0.5) is 0 Å². The summed E-state index contributed by atoms with van der Waals surface area (Å²) in [5, 5.41) is 12.8. The molecule has 0 heterocycles. The molecule has 0 aliphatic heterocycles. The molecule has 0 radical (unpaired) electrons. The normalized spacial score (nSPS) is 12.5. The molecule has 0 unspecified atom stereocenters. The quantitative estimate of drug-likeness (QED) is 0.728. The average molecular weight is 313 g/mol. The highest BCUT2D eigenvalue weighted by Crippen LogP contribution is 2.29. The first-order valence-electron chi connectivity index (χ1n) is 6.17. The summed E-state index contributed by atoms with van der Waals surface area (Å²) in [6.07, 6.45) is -0.608. The number of halogens is 1. The molecule has 0 spiro atoms. The molecule has 1 nitrogen and oxygen atoms in total. The van der Waals surface area contributed by atoms with Crippen LogP contribution in [0.5, 0.6) is 0 Å². The van der Waals surface area contributed by atoms with Crippen LogP contribution in [0.3, 0.4) is 0 Å². The molecule has 3 rings (SSSR count). The second-order valence-corrected chi connectivity index (χ2v) is 5.44. The van der Waals surface area contributed by atoms with Crippen molar-refractivity contribution in [1.82, 2.24) is 0 Å². The van der Waals surface area contributed by atoms with Crippen LogP contribution < -0.4 is 0 Å². The largest absolute Gasteiger partial charge is 0.384 e. The van der Waals surface area contributed by atoms with Gasteiger partial charge in [0.2, 0.25) is 0 Å². The maximum absolute atomic E-state index is 10.6. The lowest BCUT2D eigenvalue weighted by Crippen LogP contribution is -2.00. The maximum Gasteiger partial charge on any atom is 0.105 e. The van der Waals surface area contributed by atoms with Crippen molar-refractivity contribution < 1.29 is 5.11 Å². The molecular formula is C17H13BrO. The van der Waals surface area contributed by atoms with Gasteiger partial charge in [-0.1, -0.05) is 70.5 Å². The van der Waals surface area contributed by atoms with Gasteiger partial charge < -0.3 is 5.11 Å². The third-order valence-electron chi connectivity index (χ3n) is 3.28. The second-order valence-electron chi connectivity index (χ2n) is 4.53. The zero-order valence-corrected chi connectivity index (χ0v) is 11.8. The topological polar surface area (TPSA) is 20.2 Å². The molecule has 0 saturated heterocycles. The molecule has 0 aliphatic rings. The minimum Gasteiger partial charge on any atom is -0.384 e. The Morgan fingerprint density at radius 2 is 1.58 bits per heavy atom. The van der Waals surface area contributed by atoms with E-state index in [0.717, 1.165) is 26.4 Å². The van der Waals surface area contributed by atoms with Gasteiger partial charge in [-0.3, -0.25) is 0 Å². The Morgan fingerprint density at radius 1 is 0.842 bits per heavy atom. The molecule has 0 aromatic heterocycles. The van der Waals surface area contributed by atoms with Crippen molar-refractivity contribution in [3.05, 3.63) is 82.3 Å². The number of fused-ring (bicyclic) bond motifs is 1. The van der Waals surface area contributed by atoms with Gasteiger partial charge in [-0.25, -0.2) is 0 Å². The van der Waals surface area contributed by atoms with Crippen LogP contribution in [-0.2, 0) is 0 Å². The fraction of sp³-hybridized carbons (Fsp3) is 0.0588. The molecule has 3 aromatic rings. The van der Waals surface area contributed by atoms with Crippen molar-refractivity contribution in [3.63, 3.8) is 0 Å². The lowest BCUT2D eigenvalue weighted by molar-refractivity contribution is 0.222. The highest BCUT2D eigenvalue weighted by molar-refractivity contribution is 9.10. The summed E-state index contributed by atoms with van der Waals surface area (Å²) < 4.78 is 0.976. The Kier molecular flexibility index (Phi) is 3.36. The monoisotopic (exact) mass is 312 g/mol. The highest BCUT2D eigenvalue weighted by Gasteiger charge is 2.13. The molecule has 0 fully saturated rings. The molecule has 3 aromatic carbocycles. The summed E-state index contributed by atoms with van der Waals surface area (Å²) in [5.41, 5.74) is 1.84. The summed E-state index contributed by atoms with van der Waals surface area (Å²) >= 11 is 3.44. The molecule has 1 atom stereocenters. The van der Waals surface area contributed by atoms with Crippen LogP contribution in [-0.4, -0.2) is 5.11 Å². The molecular weight excluding hydrogens is 300 g/mol. The first-order valence-corrected chi connectivity index (χ1v) is 6.96. The molecule has 0 saturated carbocycles. The van der Waals surface area contributed by atoms with Gasteiger partial charge in [-0.2, -0.15) is 0 Å². The first-order chi connectivity index (χ1) is 9.25. The van der Waals surface area contributed by atoms with Gasteiger partial charge in [0.05, 0.1) is 0 Å². The van der Waals surface area contributed by atoms with Gasteiger partial charge >= 0.3 is 0 Å². The van der Waals surface area contributed by atoms with Gasteiger partial charge in [-0.05, 0) is 34.0 Å². The maximum atomic E-state index is 10.6. The smallest absolute Gasteiger partial charge is 0.105 e. The first kappa shape index (κ1) is 12.4. The molecule has 2 heteroatoms. The Labute approximate surface area is 120 Å². The predicted molar refractivity (Wildman–Crippen MR) is 82.2 cm³/mol. The lowest BCUT2D eigenvalue weighted by Gasteiger charge is -2.14. The van der Waals surface area contributed by atoms with Crippen molar-refractivity contribution in [2.24, 2.45) is 0 Å². The third-order valence-corrected chi connectivity index (χ3v) is 3.78. The molecule has 19 heavy (non-hydrogen) atoms. The summed E-state index contributed by atoms with van der Waals surface area (Å²) in [7, 11) is 0. The van der Waals surface area contributed by atoms with E-state index in [1.165, 1.54) is 0 Å². The Hall–Kier alpha value is -1.64. The van der Waals surface area contributed by atoms with Crippen LogP contribution in [0.25, 0.3) is 10.8 Å². The number of hydrogen-bond donors (Lipinski definition) is 1. The number of hydrogen-bond acceptors (Lipinski definition) is 1. The molecule has 0 aliphatic carbocycles. The molecule has 0 amide bonds. The number of rotatable bonds is 2. The van der Waals surface area contributed by atoms with E-state index in [1.54, 1.807) is 0 Å². The third kappa shape index (κ3) is 2.42. The zero-order valence-electron chi connectivity index (χ0n) is 10.3. The fourth-order valence-corrected chi connectivity index (χ4v) is 2.76. The van der Waals surface area contributed by atoms with Crippen LogP contribution >= 0.6 is 15.9 Å². The SMILES string of the molecule is O[C@H](c1cccc(Br)c1)c1cccc2ccccc12. The minimum absolute atomic E-state index is 0.608. The Morgan fingerprint density at radius 3 is 2.42 bits per heavy atom. The van der Waals surface area contributed by atoms with E-state index in [9.17, 15) is 5.11 Å². The summed E-state index contributed by atoms with van der Waals surface area (Å²) in [4.78, 5) is 0. The van der Waals surface area contributed by atoms with E-state index >= 15 is 0 Å². The standard InChI is InChI=1S/C17H13BrO/c18-14-8-3-7-13(11-14)17(19)16-10-4-6-12-5-1-2-9-15(12)16/h1-11,17,19H/t17-/m1/s1. The number of benzene rings is 3. The van der Waals surface area contributed by atoms with Gasteiger partial charge in [0.25, 0.3) is 0 Å². The van der Waals surface area contributed by atoms with E-state index in [4.69, 9.17) is 0 Å². The van der Waals surface area contributed by atoms with E-state index in [-0.39, 0.29) is 0 Å². The van der Waals surface area contributed by atoms with Crippen molar-refractivity contribution in [1.29, 1.82) is 0 Å². The predicted octanol–water partition coefficient (Wildman–Crippen LogP) is 4.68. The van der Waals surface area contributed by atoms with Crippen LogP contribution in [0.15, 0.2) is 71.2 Å². The van der Waals surface area contributed by atoms with E-state index in [1.807, 2.05) is 54.6 Å². The molecule has 1 N–H and O–H groups in total. The van der Waals surface area contributed by atoms with Crippen LogP contribution in [0.2, 0.25) is 0 Å². The van der Waals surface area contributed by atoms with E-state index < -0.39 is 6.10 Å². The lowest BCUT2D eigenvalue weighted by atomic mass is 9.96. The number of aliphatic hydroxyl groups is 1.